The molecule has 0 heterocycles. The van der Waals surface area contributed by atoms with Crippen LogP contribution in [0.3, 0.4) is 0 Å². The SMILES string of the molecule is COc1c(C)c(C)c(OC)c(C(F)(F)F)c1I. The summed E-state index contributed by atoms with van der Waals surface area (Å²) in [6, 6.07) is 0. The van der Waals surface area contributed by atoms with Crippen molar-refractivity contribution in [1.82, 2.24) is 0 Å². The Balaban J connectivity index is 3.74. The van der Waals surface area contributed by atoms with E-state index < -0.39 is 11.7 Å². The molecule has 0 N–H and O–H groups in total. The second-order valence-electron chi connectivity index (χ2n) is 3.50. The Morgan fingerprint density at radius 1 is 0.941 bits per heavy atom. The zero-order chi connectivity index (χ0) is 13.4. The molecule has 0 saturated heterocycles. The zero-order valence-corrected chi connectivity index (χ0v) is 12.0. The predicted molar refractivity (Wildman–Crippen MR) is 66.7 cm³/mol. The normalized spacial score (nSPS) is 11.5. The van der Waals surface area contributed by atoms with Crippen molar-refractivity contribution in [2.45, 2.75) is 20.0 Å². The lowest BCUT2D eigenvalue weighted by Gasteiger charge is -2.20. The van der Waals surface area contributed by atoms with Crippen molar-refractivity contribution in [3.8, 4) is 11.5 Å². The third-order valence-corrected chi connectivity index (χ3v) is 3.61. The highest BCUT2D eigenvalue weighted by molar-refractivity contribution is 14.1. The Hall–Kier alpha value is -0.660. The van der Waals surface area contributed by atoms with E-state index in [0.717, 1.165) is 0 Å². The minimum atomic E-state index is -4.46. The molecule has 0 fully saturated rings. The fraction of sp³-hybridized carbons (Fsp3) is 0.455. The van der Waals surface area contributed by atoms with Gasteiger partial charge in [0.05, 0.1) is 17.8 Å². The maximum atomic E-state index is 13.0. The summed E-state index contributed by atoms with van der Waals surface area (Å²) in [6.07, 6.45) is -4.46. The molecule has 0 aliphatic heterocycles. The Labute approximate surface area is 111 Å². The van der Waals surface area contributed by atoms with Crippen molar-refractivity contribution >= 4 is 22.6 Å². The lowest BCUT2D eigenvalue weighted by atomic mass is 10.0. The van der Waals surface area contributed by atoms with Crippen LogP contribution < -0.4 is 9.47 Å². The summed E-state index contributed by atoms with van der Waals surface area (Å²) < 4.78 is 48.9. The van der Waals surface area contributed by atoms with Crippen molar-refractivity contribution in [3.05, 3.63) is 20.3 Å². The Morgan fingerprint density at radius 2 is 1.35 bits per heavy atom. The van der Waals surface area contributed by atoms with E-state index in [4.69, 9.17) is 9.47 Å². The molecule has 0 amide bonds. The first-order valence-corrected chi connectivity index (χ1v) is 5.81. The molecule has 2 nitrogen and oxygen atoms in total. The van der Waals surface area contributed by atoms with Gasteiger partial charge in [0, 0.05) is 0 Å². The fourth-order valence-electron chi connectivity index (χ4n) is 1.66. The number of halogens is 4. The number of ether oxygens (including phenoxy) is 2. The predicted octanol–water partition coefficient (Wildman–Crippen LogP) is 3.94. The second-order valence-corrected chi connectivity index (χ2v) is 4.58. The Kier molecular flexibility index (Phi) is 4.16. The first kappa shape index (κ1) is 14.4. The lowest BCUT2D eigenvalue weighted by Crippen LogP contribution is -2.13. The number of methoxy groups -OCH3 is 2. The number of alkyl halides is 3. The molecule has 1 rings (SSSR count). The average Bonchev–Trinajstić information content (AvgIpc) is 2.22. The van der Waals surface area contributed by atoms with Gasteiger partial charge in [-0.05, 0) is 47.6 Å². The average molecular weight is 360 g/mol. The van der Waals surface area contributed by atoms with E-state index in [0.29, 0.717) is 11.1 Å². The minimum absolute atomic E-state index is 0.0255. The van der Waals surface area contributed by atoms with Crippen molar-refractivity contribution < 1.29 is 22.6 Å². The highest BCUT2D eigenvalue weighted by Gasteiger charge is 2.39. The van der Waals surface area contributed by atoms with Gasteiger partial charge in [-0.1, -0.05) is 0 Å². The van der Waals surface area contributed by atoms with Gasteiger partial charge in [-0.3, -0.25) is 0 Å². The van der Waals surface area contributed by atoms with Crippen LogP contribution in [0.25, 0.3) is 0 Å². The number of hydrogen-bond donors (Lipinski definition) is 0. The summed E-state index contributed by atoms with van der Waals surface area (Å²) in [7, 11) is 2.59. The Bertz CT molecular complexity index is 442. The molecule has 17 heavy (non-hydrogen) atoms. The van der Waals surface area contributed by atoms with Crippen LogP contribution in [0.2, 0.25) is 0 Å². The molecule has 6 heteroatoms. The topological polar surface area (TPSA) is 18.5 Å². The molecule has 0 atom stereocenters. The van der Waals surface area contributed by atoms with Crippen molar-refractivity contribution in [2.75, 3.05) is 14.2 Å². The van der Waals surface area contributed by atoms with Gasteiger partial charge in [-0.2, -0.15) is 13.2 Å². The van der Waals surface area contributed by atoms with Crippen LogP contribution in [-0.2, 0) is 6.18 Å². The van der Waals surface area contributed by atoms with Gasteiger partial charge in [0.25, 0.3) is 0 Å². The number of rotatable bonds is 2. The van der Waals surface area contributed by atoms with Gasteiger partial charge in [-0.15, -0.1) is 0 Å². The van der Waals surface area contributed by atoms with Crippen LogP contribution in [0.4, 0.5) is 13.2 Å². The van der Waals surface area contributed by atoms with Crippen molar-refractivity contribution in [2.24, 2.45) is 0 Å². The molecular formula is C11H12F3IO2. The number of benzene rings is 1. The van der Waals surface area contributed by atoms with Gasteiger partial charge in [0.15, 0.2) is 0 Å². The van der Waals surface area contributed by atoms with Crippen molar-refractivity contribution in [1.29, 1.82) is 0 Å². The molecule has 0 saturated carbocycles. The standard InChI is InChI=1S/C11H12F3IO2/c1-5-6(2)10(17-4)8(15)7(9(5)16-3)11(12,13)14/h1-4H3. The largest absolute Gasteiger partial charge is 0.496 e. The maximum absolute atomic E-state index is 13.0. The lowest BCUT2D eigenvalue weighted by molar-refractivity contribution is -0.139. The van der Waals surface area contributed by atoms with E-state index in [-0.39, 0.29) is 15.1 Å². The first-order valence-electron chi connectivity index (χ1n) is 4.73. The van der Waals surface area contributed by atoms with Gasteiger partial charge in [0.1, 0.15) is 17.1 Å². The monoisotopic (exact) mass is 360 g/mol. The molecule has 0 aromatic heterocycles. The van der Waals surface area contributed by atoms with E-state index in [1.165, 1.54) is 14.2 Å². The zero-order valence-electron chi connectivity index (χ0n) is 9.83. The van der Waals surface area contributed by atoms with Crippen LogP contribution >= 0.6 is 22.6 Å². The van der Waals surface area contributed by atoms with Crippen LogP contribution in [0.1, 0.15) is 16.7 Å². The third-order valence-electron chi connectivity index (χ3n) is 2.58. The molecule has 0 aliphatic rings. The fourth-order valence-corrected chi connectivity index (χ4v) is 2.83. The van der Waals surface area contributed by atoms with E-state index in [2.05, 4.69) is 0 Å². The summed E-state index contributed by atoms with van der Waals surface area (Å²) in [6.45, 7) is 3.29. The molecule has 0 aliphatic carbocycles. The quantitative estimate of drug-likeness (QED) is 0.744. The third kappa shape index (κ3) is 2.46. The van der Waals surface area contributed by atoms with Gasteiger partial charge < -0.3 is 9.47 Å². The molecular weight excluding hydrogens is 348 g/mol. The van der Waals surface area contributed by atoms with Crippen LogP contribution in [-0.4, -0.2) is 14.2 Å². The Morgan fingerprint density at radius 3 is 1.71 bits per heavy atom. The van der Waals surface area contributed by atoms with Crippen molar-refractivity contribution in [3.63, 3.8) is 0 Å². The minimum Gasteiger partial charge on any atom is -0.496 e. The molecule has 0 bridgehead atoms. The van der Waals surface area contributed by atoms with E-state index in [1.807, 2.05) is 0 Å². The summed E-state index contributed by atoms with van der Waals surface area (Å²) in [5.74, 6) is 0.108. The van der Waals surface area contributed by atoms with Crippen LogP contribution in [0.15, 0.2) is 0 Å². The highest BCUT2D eigenvalue weighted by atomic mass is 127. The molecule has 1 aromatic carbocycles. The summed E-state index contributed by atoms with van der Waals surface area (Å²) in [5, 5.41) is 0. The van der Waals surface area contributed by atoms with Gasteiger partial charge in [-0.25, -0.2) is 0 Å². The summed E-state index contributed by atoms with van der Waals surface area (Å²) in [4.78, 5) is 0. The smallest absolute Gasteiger partial charge is 0.421 e. The van der Waals surface area contributed by atoms with Crippen LogP contribution in [0, 0.1) is 17.4 Å². The molecule has 0 spiro atoms. The highest BCUT2D eigenvalue weighted by Crippen LogP contribution is 2.46. The van der Waals surface area contributed by atoms with E-state index >= 15 is 0 Å². The molecule has 0 radical (unpaired) electrons. The molecule has 0 unspecified atom stereocenters. The van der Waals surface area contributed by atoms with Crippen LogP contribution in [0.5, 0.6) is 11.5 Å². The molecule has 1 aromatic rings. The van der Waals surface area contributed by atoms with E-state index in [1.54, 1.807) is 36.4 Å². The summed E-state index contributed by atoms with van der Waals surface area (Å²) in [5.41, 5.74) is 0.319. The van der Waals surface area contributed by atoms with Gasteiger partial charge in [0.2, 0.25) is 0 Å². The van der Waals surface area contributed by atoms with Gasteiger partial charge >= 0.3 is 6.18 Å². The number of hydrogen-bond acceptors (Lipinski definition) is 2. The maximum Gasteiger partial charge on any atom is 0.421 e. The first-order chi connectivity index (χ1) is 7.75. The summed E-state index contributed by atoms with van der Waals surface area (Å²) >= 11 is 1.63. The second kappa shape index (κ2) is 4.91. The molecule has 96 valence electrons. The van der Waals surface area contributed by atoms with E-state index in [9.17, 15) is 13.2 Å².